The maximum atomic E-state index is 14.2. The van der Waals surface area contributed by atoms with Crippen molar-refractivity contribution in [1.82, 2.24) is 5.43 Å². The van der Waals surface area contributed by atoms with Crippen molar-refractivity contribution in [3.63, 3.8) is 0 Å². The molecule has 1 aliphatic rings. The summed E-state index contributed by atoms with van der Waals surface area (Å²) in [4.78, 5) is 0. The molecular formula is C16H16F2N2O. The van der Waals surface area contributed by atoms with Crippen LogP contribution in [0.3, 0.4) is 0 Å². The minimum atomic E-state index is -0.877. The van der Waals surface area contributed by atoms with Gasteiger partial charge in [-0.2, -0.15) is 0 Å². The number of hydrogen-bond acceptors (Lipinski definition) is 3. The van der Waals surface area contributed by atoms with Gasteiger partial charge in [-0.15, -0.1) is 0 Å². The number of benzene rings is 2. The molecule has 2 unspecified atom stereocenters. The van der Waals surface area contributed by atoms with Gasteiger partial charge in [0, 0.05) is 12.0 Å². The Morgan fingerprint density at radius 1 is 1.19 bits per heavy atom. The number of fused-ring (bicyclic) bond motifs is 1. The van der Waals surface area contributed by atoms with Gasteiger partial charge in [0.25, 0.3) is 0 Å². The van der Waals surface area contributed by atoms with Crippen molar-refractivity contribution in [2.45, 2.75) is 25.5 Å². The number of halogens is 2. The normalized spacial score (nSPS) is 18.2. The summed E-state index contributed by atoms with van der Waals surface area (Å²) in [5.41, 5.74) is 4.03. The number of aryl methyl sites for hydroxylation is 1. The van der Waals surface area contributed by atoms with Gasteiger partial charge < -0.3 is 4.74 Å². The van der Waals surface area contributed by atoms with E-state index in [4.69, 9.17) is 10.6 Å². The number of nitrogens with one attached hydrogen (secondary N) is 1. The van der Waals surface area contributed by atoms with E-state index in [1.165, 1.54) is 6.92 Å². The van der Waals surface area contributed by atoms with Crippen LogP contribution in [0.25, 0.3) is 0 Å². The molecule has 0 fully saturated rings. The first-order valence-corrected chi connectivity index (χ1v) is 6.77. The molecule has 21 heavy (non-hydrogen) atoms. The predicted molar refractivity (Wildman–Crippen MR) is 75.7 cm³/mol. The molecule has 0 amide bonds. The van der Waals surface area contributed by atoms with Gasteiger partial charge in [-0.25, -0.2) is 14.2 Å². The van der Waals surface area contributed by atoms with E-state index in [0.29, 0.717) is 6.42 Å². The Bertz CT molecular complexity index is 650. The minimum Gasteiger partial charge on any atom is -0.488 e. The Balaban J connectivity index is 1.93. The van der Waals surface area contributed by atoms with E-state index >= 15 is 0 Å². The molecule has 1 aliphatic heterocycles. The number of hydrazine groups is 1. The smallest absolute Gasteiger partial charge is 0.164 e. The molecule has 0 spiro atoms. The first-order chi connectivity index (χ1) is 10.1. The first kappa shape index (κ1) is 14.0. The largest absolute Gasteiger partial charge is 0.488 e. The van der Waals surface area contributed by atoms with Crippen LogP contribution in [-0.2, 0) is 6.42 Å². The van der Waals surface area contributed by atoms with Crippen molar-refractivity contribution < 1.29 is 13.5 Å². The summed E-state index contributed by atoms with van der Waals surface area (Å²) >= 11 is 0. The van der Waals surface area contributed by atoms with Crippen LogP contribution in [0.4, 0.5) is 8.78 Å². The fourth-order valence-corrected chi connectivity index (χ4v) is 2.69. The molecule has 0 aliphatic carbocycles. The van der Waals surface area contributed by atoms with Crippen LogP contribution in [0.1, 0.15) is 22.7 Å². The maximum absolute atomic E-state index is 14.2. The monoisotopic (exact) mass is 290 g/mol. The fraction of sp³-hybridized carbons (Fsp3) is 0.250. The molecule has 2 atom stereocenters. The Morgan fingerprint density at radius 3 is 2.67 bits per heavy atom. The third kappa shape index (κ3) is 2.39. The van der Waals surface area contributed by atoms with E-state index < -0.39 is 17.7 Å². The Kier molecular flexibility index (Phi) is 3.61. The topological polar surface area (TPSA) is 47.3 Å². The molecule has 0 saturated carbocycles. The minimum absolute atomic E-state index is 0.179. The predicted octanol–water partition coefficient (Wildman–Crippen LogP) is 2.78. The number of hydrogen-bond donors (Lipinski definition) is 2. The fourth-order valence-electron chi connectivity index (χ4n) is 2.69. The summed E-state index contributed by atoms with van der Waals surface area (Å²) in [7, 11) is 0. The van der Waals surface area contributed by atoms with Crippen LogP contribution in [0.5, 0.6) is 5.75 Å². The average molecular weight is 290 g/mol. The van der Waals surface area contributed by atoms with Gasteiger partial charge in [0.05, 0.1) is 6.04 Å². The van der Waals surface area contributed by atoms with Crippen LogP contribution in [0.15, 0.2) is 36.4 Å². The second-order valence-electron chi connectivity index (χ2n) is 5.21. The van der Waals surface area contributed by atoms with Crippen molar-refractivity contribution in [2.24, 2.45) is 5.84 Å². The van der Waals surface area contributed by atoms with Gasteiger partial charge >= 0.3 is 0 Å². The summed E-state index contributed by atoms with van der Waals surface area (Å²) in [5.74, 6) is 4.60. The summed E-state index contributed by atoms with van der Waals surface area (Å²) in [6.45, 7) is 1.52. The van der Waals surface area contributed by atoms with Gasteiger partial charge in [0.15, 0.2) is 11.6 Å². The Labute approximate surface area is 121 Å². The molecule has 2 aromatic rings. The van der Waals surface area contributed by atoms with E-state index in [-0.39, 0.29) is 17.2 Å². The van der Waals surface area contributed by atoms with Crippen molar-refractivity contribution in [3.8, 4) is 5.75 Å². The number of ether oxygens (including phenoxy) is 1. The van der Waals surface area contributed by atoms with Crippen molar-refractivity contribution >= 4 is 0 Å². The molecule has 3 N–H and O–H groups in total. The lowest BCUT2D eigenvalue weighted by atomic mass is 9.96. The zero-order chi connectivity index (χ0) is 15.0. The molecule has 1 heterocycles. The highest BCUT2D eigenvalue weighted by Gasteiger charge is 2.33. The highest BCUT2D eigenvalue weighted by molar-refractivity contribution is 5.39. The van der Waals surface area contributed by atoms with E-state index in [2.05, 4.69) is 5.43 Å². The molecule has 5 heteroatoms. The van der Waals surface area contributed by atoms with Gasteiger partial charge in [-0.3, -0.25) is 5.84 Å². The zero-order valence-electron chi connectivity index (χ0n) is 11.6. The third-order valence-electron chi connectivity index (χ3n) is 3.86. The number of rotatable bonds is 3. The van der Waals surface area contributed by atoms with E-state index in [0.717, 1.165) is 11.3 Å². The lowest BCUT2D eigenvalue weighted by Crippen LogP contribution is -2.39. The summed E-state index contributed by atoms with van der Waals surface area (Å²) in [6.07, 6.45) is 0.226. The van der Waals surface area contributed by atoms with Crippen molar-refractivity contribution in [3.05, 3.63) is 64.7 Å². The van der Waals surface area contributed by atoms with Crippen LogP contribution < -0.4 is 16.0 Å². The number of nitrogens with two attached hydrogens (primary N) is 1. The van der Waals surface area contributed by atoms with Crippen LogP contribution >= 0.6 is 0 Å². The average Bonchev–Trinajstić information content (AvgIpc) is 2.91. The molecule has 0 radical (unpaired) electrons. The van der Waals surface area contributed by atoms with Gasteiger partial charge in [0.2, 0.25) is 0 Å². The molecule has 2 aromatic carbocycles. The van der Waals surface area contributed by atoms with E-state index in [9.17, 15) is 8.78 Å². The van der Waals surface area contributed by atoms with Crippen LogP contribution in [-0.4, -0.2) is 6.10 Å². The second kappa shape index (κ2) is 5.42. The molecule has 0 saturated heterocycles. The number of para-hydroxylation sites is 1. The molecule has 110 valence electrons. The van der Waals surface area contributed by atoms with Crippen LogP contribution in [0.2, 0.25) is 0 Å². The molecular weight excluding hydrogens is 274 g/mol. The highest BCUT2D eigenvalue weighted by atomic mass is 19.2. The van der Waals surface area contributed by atoms with Crippen molar-refractivity contribution in [2.75, 3.05) is 0 Å². The van der Waals surface area contributed by atoms with Gasteiger partial charge in [0.1, 0.15) is 11.9 Å². The summed E-state index contributed by atoms with van der Waals surface area (Å²) < 4.78 is 33.7. The molecule has 0 aromatic heterocycles. The highest BCUT2D eigenvalue weighted by Crippen LogP contribution is 2.35. The third-order valence-corrected chi connectivity index (χ3v) is 3.86. The zero-order valence-corrected chi connectivity index (χ0v) is 11.6. The molecule has 3 rings (SSSR count). The van der Waals surface area contributed by atoms with E-state index in [1.807, 2.05) is 24.3 Å². The second-order valence-corrected chi connectivity index (χ2v) is 5.21. The molecule has 3 nitrogen and oxygen atoms in total. The first-order valence-electron chi connectivity index (χ1n) is 6.77. The summed E-state index contributed by atoms with van der Waals surface area (Å²) in [6, 6.07) is 10.1. The Hall–Kier alpha value is -1.98. The van der Waals surface area contributed by atoms with Crippen LogP contribution in [0, 0.1) is 18.6 Å². The Morgan fingerprint density at radius 2 is 1.95 bits per heavy atom. The lowest BCUT2D eigenvalue weighted by molar-refractivity contribution is 0.176. The lowest BCUT2D eigenvalue weighted by Gasteiger charge is -2.23. The summed E-state index contributed by atoms with van der Waals surface area (Å²) in [5, 5.41) is 0. The van der Waals surface area contributed by atoms with Gasteiger partial charge in [-0.05, 0) is 24.1 Å². The standard InChI is InChI=1S/C16H16F2N2O/c1-9-6-7-11(15(18)14(9)17)16(20-19)13-8-10-4-2-3-5-12(10)21-13/h2-7,13,16,20H,8,19H2,1H3. The van der Waals surface area contributed by atoms with E-state index in [1.54, 1.807) is 12.1 Å². The molecule has 0 bridgehead atoms. The quantitative estimate of drug-likeness (QED) is 0.675. The van der Waals surface area contributed by atoms with Crippen molar-refractivity contribution in [1.29, 1.82) is 0 Å². The maximum Gasteiger partial charge on any atom is 0.164 e. The van der Waals surface area contributed by atoms with Gasteiger partial charge in [-0.1, -0.05) is 30.3 Å². The SMILES string of the molecule is Cc1ccc(C(NN)C2Cc3ccccc3O2)c(F)c1F.